The van der Waals surface area contributed by atoms with Crippen LogP contribution in [0.25, 0.3) is 0 Å². The molecule has 0 unspecified atom stereocenters. The van der Waals surface area contributed by atoms with Crippen molar-refractivity contribution in [2.75, 3.05) is 72.0 Å². The van der Waals surface area contributed by atoms with Crippen molar-refractivity contribution >= 4 is 23.9 Å². The Balaban J connectivity index is 2.17. The maximum absolute atomic E-state index is 11.2. The van der Waals surface area contributed by atoms with Crippen LogP contribution in [0, 0.1) is 0 Å². The van der Waals surface area contributed by atoms with Crippen LogP contribution in [-0.2, 0) is 20.9 Å². The number of aromatic carboxylic acids is 1. The molecule has 0 atom stereocenters. The Morgan fingerprint density at radius 3 is 1.24 bits per heavy atom. The summed E-state index contributed by atoms with van der Waals surface area (Å²) in [7, 11) is 0. The molecule has 1 aromatic carbocycles. The predicted molar refractivity (Wildman–Crippen MR) is 113 cm³/mol. The Morgan fingerprint density at radius 1 is 0.618 bits per heavy atom. The highest BCUT2D eigenvalue weighted by atomic mass is 16.4. The van der Waals surface area contributed by atoms with Crippen molar-refractivity contribution in [2.24, 2.45) is 0 Å². The van der Waals surface area contributed by atoms with Gasteiger partial charge in [0.2, 0.25) is 0 Å². The summed E-state index contributed by atoms with van der Waals surface area (Å²) in [6.07, 6.45) is 0. The van der Waals surface area contributed by atoms with Crippen molar-refractivity contribution in [2.45, 2.75) is 6.54 Å². The van der Waals surface area contributed by atoms with Gasteiger partial charge in [-0.1, -0.05) is 12.1 Å². The van der Waals surface area contributed by atoms with Crippen LogP contribution in [0.5, 0.6) is 0 Å². The molecule has 1 saturated heterocycles. The van der Waals surface area contributed by atoms with Gasteiger partial charge in [0, 0.05) is 78.5 Å². The molecule has 34 heavy (non-hydrogen) atoms. The lowest BCUT2D eigenvalue weighted by molar-refractivity contribution is -0.308. The highest BCUT2D eigenvalue weighted by molar-refractivity contribution is 5.87. The summed E-state index contributed by atoms with van der Waals surface area (Å²) in [6, 6.07) is 6.42. The Bertz CT molecular complexity index is 816. The molecule has 0 spiro atoms. The van der Waals surface area contributed by atoms with Gasteiger partial charge in [0.05, 0.1) is 23.5 Å². The first-order valence-electron chi connectivity index (χ1n) is 10.9. The van der Waals surface area contributed by atoms with Crippen LogP contribution in [0.1, 0.15) is 15.9 Å². The third-order valence-electron chi connectivity index (χ3n) is 5.60. The summed E-state index contributed by atoms with van der Waals surface area (Å²) in [6.45, 7) is 2.20. The molecule has 12 nitrogen and oxygen atoms in total. The van der Waals surface area contributed by atoms with E-state index in [1.54, 1.807) is 26.8 Å². The van der Waals surface area contributed by atoms with E-state index in [1.807, 2.05) is 4.90 Å². The lowest BCUT2D eigenvalue weighted by Gasteiger charge is -2.34. The van der Waals surface area contributed by atoms with Gasteiger partial charge in [0.15, 0.2) is 0 Å². The van der Waals surface area contributed by atoms with Crippen LogP contribution in [-0.4, -0.2) is 121 Å². The number of hydrogen-bond donors (Lipinski definition) is 1. The van der Waals surface area contributed by atoms with E-state index in [4.69, 9.17) is 5.11 Å². The Morgan fingerprint density at radius 2 is 0.941 bits per heavy atom. The highest BCUT2D eigenvalue weighted by Gasteiger charge is 2.17. The number of hydrogen-bond acceptors (Lipinski definition) is 11. The van der Waals surface area contributed by atoms with Gasteiger partial charge < -0.3 is 34.8 Å². The van der Waals surface area contributed by atoms with E-state index < -0.39 is 23.9 Å². The van der Waals surface area contributed by atoms with Crippen LogP contribution in [0.15, 0.2) is 24.3 Å². The molecule has 0 aliphatic carbocycles. The van der Waals surface area contributed by atoms with Gasteiger partial charge in [-0.3, -0.25) is 19.6 Å². The van der Waals surface area contributed by atoms with Crippen molar-refractivity contribution in [1.82, 2.24) is 19.6 Å². The summed E-state index contributed by atoms with van der Waals surface area (Å²) in [5.41, 5.74) is 1.02. The van der Waals surface area contributed by atoms with E-state index in [1.165, 1.54) is 12.1 Å². The molecular weight excluding hydrogens is 448 g/mol. The number of rotatable bonds is 9. The molecule has 0 radical (unpaired) electrons. The van der Waals surface area contributed by atoms with Crippen molar-refractivity contribution < 1.29 is 39.6 Å². The van der Waals surface area contributed by atoms with Gasteiger partial charge in [-0.2, -0.15) is 0 Å². The normalized spacial score (nSPS) is 18.0. The number of aliphatic carboxylic acids is 3. The van der Waals surface area contributed by atoms with Crippen LogP contribution in [0.3, 0.4) is 0 Å². The minimum Gasteiger partial charge on any atom is -0.549 e. The van der Waals surface area contributed by atoms with Gasteiger partial charge in [-0.15, -0.1) is 0 Å². The highest BCUT2D eigenvalue weighted by Crippen LogP contribution is 2.09. The molecule has 1 aromatic rings. The summed E-state index contributed by atoms with van der Waals surface area (Å²) < 4.78 is 0. The zero-order chi connectivity index (χ0) is 25.1. The van der Waals surface area contributed by atoms with Crippen molar-refractivity contribution in [3.05, 3.63) is 35.4 Å². The van der Waals surface area contributed by atoms with Crippen molar-refractivity contribution in [3.63, 3.8) is 0 Å². The Hall–Kier alpha value is -3.06. The first kappa shape index (κ1) is 27.2. The third-order valence-corrected chi connectivity index (χ3v) is 5.60. The SMILES string of the molecule is O=C([O-])CN1CCN(CC(=O)[O-])CCN(Cc2ccc(C(=O)O)cc2)CCN(CC(=O)[O-])CC1. The fraction of sp³-hybridized carbons (Fsp3) is 0.545. The lowest BCUT2D eigenvalue weighted by atomic mass is 10.1. The zero-order valence-corrected chi connectivity index (χ0v) is 18.9. The van der Waals surface area contributed by atoms with E-state index in [-0.39, 0.29) is 51.4 Å². The summed E-state index contributed by atoms with van der Waals surface area (Å²) in [4.78, 5) is 51.5. The monoisotopic (exact) mass is 477 g/mol. The fourth-order valence-electron chi connectivity index (χ4n) is 3.77. The first-order valence-corrected chi connectivity index (χ1v) is 10.9. The minimum atomic E-state index is -1.27. The smallest absolute Gasteiger partial charge is 0.335 e. The number of benzene rings is 1. The maximum Gasteiger partial charge on any atom is 0.335 e. The lowest BCUT2D eigenvalue weighted by Crippen LogP contribution is -2.51. The number of carboxylic acid groups (broad SMARTS) is 4. The average Bonchev–Trinajstić information content (AvgIpc) is 2.74. The van der Waals surface area contributed by atoms with Gasteiger partial charge in [-0.05, 0) is 17.7 Å². The van der Waals surface area contributed by atoms with Crippen molar-refractivity contribution in [1.29, 1.82) is 0 Å². The molecule has 1 aliphatic heterocycles. The van der Waals surface area contributed by atoms with Gasteiger partial charge in [0.25, 0.3) is 0 Å². The fourth-order valence-corrected chi connectivity index (χ4v) is 3.77. The summed E-state index contributed by atoms with van der Waals surface area (Å²) >= 11 is 0. The number of carboxylic acids is 4. The summed E-state index contributed by atoms with van der Waals surface area (Å²) in [5.74, 6) is -4.78. The van der Waals surface area contributed by atoms with E-state index in [2.05, 4.69) is 0 Å². The minimum absolute atomic E-state index is 0.166. The molecule has 12 heteroatoms. The second-order valence-electron chi connectivity index (χ2n) is 8.22. The molecule has 1 heterocycles. The number of carbonyl (C=O) groups is 4. The first-order chi connectivity index (χ1) is 16.1. The largest absolute Gasteiger partial charge is 0.549 e. The molecule has 1 aliphatic rings. The second kappa shape index (κ2) is 13.6. The molecule has 1 fully saturated rings. The molecular formula is C22H29N4O8-3. The standard InChI is InChI=1S/C22H32N4O8/c27-19(28)14-24-7-5-23(13-17-1-3-18(4-2-17)22(33)34)6-8-25(15-20(29)30)10-12-26(11-9-24)16-21(31)32/h1-4H,5-16H2,(H,27,28)(H,29,30)(H,31,32)(H,33,34)/p-3. The van der Waals surface area contributed by atoms with Crippen LogP contribution in [0.2, 0.25) is 0 Å². The number of nitrogens with zero attached hydrogens (tertiary/aromatic N) is 4. The molecule has 2 rings (SSSR count). The molecule has 1 N–H and O–H groups in total. The zero-order valence-electron chi connectivity index (χ0n) is 18.9. The van der Waals surface area contributed by atoms with E-state index in [0.29, 0.717) is 32.7 Å². The van der Waals surface area contributed by atoms with Gasteiger partial charge in [-0.25, -0.2) is 4.79 Å². The molecule has 0 amide bonds. The maximum atomic E-state index is 11.2. The van der Waals surface area contributed by atoms with Gasteiger partial charge >= 0.3 is 5.97 Å². The van der Waals surface area contributed by atoms with Crippen molar-refractivity contribution in [3.8, 4) is 0 Å². The van der Waals surface area contributed by atoms with E-state index in [0.717, 1.165) is 5.56 Å². The van der Waals surface area contributed by atoms with E-state index in [9.17, 15) is 34.5 Å². The number of carbonyl (C=O) groups excluding carboxylic acids is 3. The van der Waals surface area contributed by atoms with Crippen LogP contribution >= 0.6 is 0 Å². The van der Waals surface area contributed by atoms with E-state index >= 15 is 0 Å². The Kier molecular flexibility index (Phi) is 10.9. The summed E-state index contributed by atoms with van der Waals surface area (Å²) in [5, 5.41) is 42.6. The molecule has 0 saturated carbocycles. The molecule has 188 valence electrons. The topological polar surface area (TPSA) is 171 Å². The van der Waals surface area contributed by atoms with Gasteiger partial charge in [0.1, 0.15) is 0 Å². The molecule has 0 bridgehead atoms. The third kappa shape index (κ3) is 10.3. The Labute approximate surface area is 197 Å². The van der Waals surface area contributed by atoms with Crippen LogP contribution < -0.4 is 15.3 Å². The van der Waals surface area contributed by atoms with Crippen LogP contribution in [0.4, 0.5) is 0 Å². The quantitative estimate of drug-likeness (QED) is 0.361. The average molecular weight is 477 g/mol. The second-order valence-corrected chi connectivity index (χ2v) is 8.22. The molecule has 0 aromatic heterocycles. The predicted octanol–water partition coefficient (Wildman–Crippen LogP) is -4.64.